The molecule has 0 amide bonds. The van der Waals surface area contributed by atoms with Crippen LogP contribution in [0.25, 0.3) is 0 Å². The summed E-state index contributed by atoms with van der Waals surface area (Å²) in [4.78, 5) is 0.404. The highest BCUT2D eigenvalue weighted by molar-refractivity contribution is 9.10. The molecule has 0 atom stereocenters. The number of nitrogens with two attached hydrogens (primary N) is 1. The molecule has 1 aromatic rings. The van der Waals surface area contributed by atoms with E-state index in [1.807, 2.05) is 0 Å². The van der Waals surface area contributed by atoms with Crippen molar-refractivity contribution < 1.29 is 8.42 Å². The zero-order valence-electron chi connectivity index (χ0n) is 8.61. The van der Waals surface area contributed by atoms with Gasteiger partial charge in [-0.2, -0.15) is 0 Å². The second-order valence-electron chi connectivity index (χ2n) is 3.19. The Morgan fingerprint density at radius 3 is 2.71 bits per heavy atom. The maximum Gasteiger partial charge on any atom is 0.240 e. The number of nitrogens with one attached hydrogen (secondary N) is 1. The lowest BCUT2D eigenvalue weighted by molar-refractivity contribution is 0.582. The van der Waals surface area contributed by atoms with E-state index in [9.17, 15) is 8.42 Å². The predicted octanol–water partition coefficient (Wildman–Crippen LogP) is 2.06. The number of rotatable bonds is 5. The highest BCUT2D eigenvalue weighted by Crippen LogP contribution is 2.25. The third-order valence-electron chi connectivity index (χ3n) is 1.86. The van der Waals surface area contributed by atoms with Crippen LogP contribution in [-0.4, -0.2) is 20.0 Å². The van der Waals surface area contributed by atoms with E-state index >= 15 is 0 Å². The minimum Gasteiger partial charge on any atom is -0.393 e. The van der Waals surface area contributed by atoms with Gasteiger partial charge in [0.2, 0.25) is 10.0 Å². The van der Waals surface area contributed by atoms with Gasteiger partial charge in [0.1, 0.15) is 0 Å². The Bertz CT molecular complexity index is 534. The Hall–Kier alpha value is -0.210. The first-order valence-corrected chi connectivity index (χ1v) is 7.62. The average Bonchev–Trinajstić information content (AvgIpc) is 2.21. The highest BCUT2D eigenvalue weighted by Gasteiger charge is 2.14. The van der Waals surface area contributed by atoms with Gasteiger partial charge < -0.3 is 5.73 Å². The zero-order chi connectivity index (χ0) is 13.1. The second-order valence-corrected chi connectivity index (χ2v) is 6.74. The zero-order valence-corrected chi connectivity index (χ0v) is 12.6. The largest absolute Gasteiger partial charge is 0.393 e. The van der Waals surface area contributed by atoms with Crippen LogP contribution in [0.3, 0.4) is 0 Å². The number of hydrogen-bond donors (Lipinski definition) is 2. The monoisotopic (exact) mass is 356 g/mol. The lowest BCUT2D eigenvalue weighted by Gasteiger charge is -2.07. The van der Waals surface area contributed by atoms with Gasteiger partial charge in [-0.25, -0.2) is 13.1 Å². The van der Waals surface area contributed by atoms with E-state index in [-0.39, 0.29) is 16.4 Å². The van der Waals surface area contributed by atoms with Crippen LogP contribution in [0.5, 0.6) is 0 Å². The average molecular weight is 358 g/mol. The first kappa shape index (κ1) is 14.8. The third-order valence-corrected chi connectivity index (χ3v) is 4.74. The van der Waals surface area contributed by atoms with E-state index in [1.165, 1.54) is 18.2 Å². The number of sulfonamides is 1. The van der Waals surface area contributed by atoms with Crippen LogP contribution in [0.15, 0.2) is 27.6 Å². The van der Waals surface area contributed by atoms with Gasteiger partial charge in [0.25, 0.3) is 0 Å². The van der Waals surface area contributed by atoms with Crippen LogP contribution in [0.2, 0.25) is 5.02 Å². The van der Waals surface area contributed by atoms with Gasteiger partial charge in [-0.1, -0.05) is 23.8 Å². The molecule has 0 spiro atoms. The molecular weight excluding hydrogens is 348 g/mol. The van der Waals surface area contributed by atoms with Gasteiger partial charge >= 0.3 is 0 Å². The topological polar surface area (TPSA) is 72.2 Å². The summed E-state index contributed by atoms with van der Waals surface area (Å²) in [6, 6.07) is 4.37. The molecule has 1 rings (SSSR count). The standard InChI is InChI=1S/C9H10BrClN2O2S2/c10-7-5-6(1-2-8(7)11)17(14,15)13-4-3-9(12)16/h1-2,5,13H,3-4H2,(H2,12,16). The summed E-state index contributed by atoms with van der Waals surface area (Å²) in [5.74, 6) is 0. The molecule has 0 aromatic heterocycles. The molecule has 3 N–H and O–H groups in total. The molecule has 0 saturated carbocycles. The van der Waals surface area contributed by atoms with Crippen LogP contribution < -0.4 is 10.5 Å². The lowest BCUT2D eigenvalue weighted by Crippen LogP contribution is -2.27. The minimum absolute atomic E-state index is 0.136. The first-order chi connectivity index (χ1) is 7.83. The first-order valence-electron chi connectivity index (χ1n) is 4.56. The summed E-state index contributed by atoms with van der Waals surface area (Å²) in [5.41, 5.74) is 5.28. The van der Waals surface area contributed by atoms with E-state index in [0.717, 1.165) is 0 Å². The molecule has 0 radical (unpaired) electrons. The molecule has 0 aliphatic heterocycles. The van der Waals surface area contributed by atoms with Crippen molar-refractivity contribution in [2.24, 2.45) is 5.73 Å². The van der Waals surface area contributed by atoms with E-state index < -0.39 is 10.0 Å². The van der Waals surface area contributed by atoms with Crippen molar-refractivity contribution in [2.75, 3.05) is 6.54 Å². The molecule has 0 unspecified atom stereocenters. The molecular formula is C9H10BrClN2O2S2. The van der Waals surface area contributed by atoms with Crippen molar-refractivity contribution >= 4 is 54.8 Å². The molecule has 0 aliphatic carbocycles. The Morgan fingerprint density at radius 1 is 1.53 bits per heavy atom. The Labute approximate surface area is 119 Å². The summed E-state index contributed by atoms with van der Waals surface area (Å²) >= 11 is 13.6. The second kappa shape index (κ2) is 6.10. The molecule has 4 nitrogen and oxygen atoms in total. The fraction of sp³-hybridized carbons (Fsp3) is 0.222. The Balaban J connectivity index is 2.82. The van der Waals surface area contributed by atoms with Gasteiger partial charge in [-0.15, -0.1) is 0 Å². The molecule has 94 valence electrons. The van der Waals surface area contributed by atoms with Crippen molar-refractivity contribution in [3.8, 4) is 0 Å². The molecule has 0 saturated heterocycles. The van der Waals surface area contributed by atoms with Crippen LogP contribution >= 0.6 is 39.7 Å². The maximum atomic E-state index is 11.8. The Kier molecular flexibility index (Phi) is 5.33. The smallest absolute Gasteiger partial charge is 0.240 e. The van der Waals surface area contributed by atoms with Crippen molar-refractivity contribution in [1.29, 1.82) is 0 Å². The van der Waals surface area contributed by atoms with E-state index in [4.69, 9.17) is 17.3 Å². The van der Waals surface area contributed by atoms with Crippen molar-refractivity contribution in [3.05, 3.63) is 27.7 Å². The molecule has 0 heterocycles. The van der Waals surface area contributed by atoms with Gasteiger partial charge in [0.05, 0.1) is 14.9 Å². The minimum atomic E-state index is -3.55. The molecule has 0 bridgehead atoms. The summed E-state index contributed by atoms with van der Waals surface area (Å²) in [6.07, 6.45) is 0.323. The number of benzene rings is 1. The van der Waals surface area contributed by atoms with E-state index in [1.54, 1.807) is 0 Å². The molecule has 1 aromatic carbocycles. The fourth-order valence-electron chi connectivity index (χ4n) is 1.04. The van der Waals surface area contributed by atoms with Crippen molar-refractivity contribution in [2.45, 2.75) is 11.3 Å². The SMILES string of the molecule is NC(=S)CCNS(=O)(=O)c1ccc(Cl)c(Br)c1. The van der Waals surface area contributed by atoms with Gasteiger partial charge in [0.15, 0.2) is 0 Å². The predicted molar refractivity (Wildman–Crippen MR) is 75.7 cm³/mol. The number of halogens is 2. The van der Waals surface area contributed by atoms with Gasteiger partial charge in [-0.3, -0.25) is 0 Å². The van der Waals surface area contributed by atoms with Crippen molar-refractivity contribution in [1.82, 2.24) is 4.72 Å². The summed E-state index contributed by atoms with van der Waals surface area (Å²) in [7, 11) is -3.55. The maximum absolute atomic E-state index is 11.8. The number of hydrogen-bond acceptors (Lipinski definition) is 3. The van der Waals surface area contributed by atoms with Gasteiger partial charge in [-0.05, 0) is 34.1 Å². The lowest BCUT2D eigenvalue weighted by atomic mass is 10.4. The van der Waals surface area contributed by atoms with E-state index in [0.29, 0.717) is 15.9 Å². The number of thiocarbonyl (C=S) groups is 1. The van der Waals surface area contributed by atoms with E-state index in [2.05, 4.69) is 32.9 Å². The van der Waals surface area contributed by atoms with Crippen LogP contribution in [0.4, 0.5) is 0 Å². The van der Waals surface area contributed by atoms with Gasteiger partial charge in [0, 0.05) is 17.4 Å². The normalized spacial score (nSPS) is 11.4. The summed E-state index contributed by atoms with van der Waals surface area (Å²) in [5, 5.41) is 0.451. The van der Waals surface area contributed by atoms with Crippen LogP contribution in [-0.2, 0) is 10.0 Å². The molecule has 17 heavy (non-hydrogen) atoms. The molecule has 8 heteroatoms. The third kappa shape index (κ3) is 4.51. The van der Waals surface area contributed by atoms with Crippen molar-refractivity contribution in [3.63, 3.8) is 0 Å². The quantitative estimate of drug-likeness (QED) is 0.791. The summed E-state index contributed by atoms with van der Waals surface area (Å²) in [6.45, 7) is 0.178. The fourth-order valence-corrected chi connectivity index (χ4v) is 2.84. The molecule has 0 aliphatic rings. The molecule has 0 fully saturated rings. The van der Waals surface area contributed by atoms with Crippen LogP contribution in [0.1, 0.15) is 6.42 Å². The van der Waals surface area contributed by atoms with Crippen LogP contribution in [0, 0.1) is 0 Å². The Morgan fingerprint density at radius 2 is 2.18 bits per heavy atom. The highest BCUT2D eigenvalue weighted by atomic mass is 79.9. The summed E-state index contributed by atoms with van der Waals surface area (Å²) < 4.78 is 26.6.